The van der Waals surface area contributed by atoms with E-state index in [9.17, 15) is 9.59 Å². The summed E-state index contributed by atoms with van der Waals surface area (Å²) in [5.74, 6) is -0.557. The Morgan fingerprint density at radius 2 is 2.19 bits per heavy atom. The first-order valence-electron chi connectivity index (χ1n) is 5.68. The Morgan fingerprint density at radius 1 is 1.56 bits per heavy atom. The van der Waals surface area contributed by atoms with Crippen LogP contribution in [0.25, 0.3) is 0 Å². The first kappa shape index (κ1) is 13.0. The summed E-state index contributed by atoms with van der Waals surface area (Å²) in [6.07, 6.45) is 1.85. The van der Waals surface area contributed by atoms with E-state index in [2.05, 4.69) is 0 Å². The molecule has 0 aliphatic carbocycles. The van der Waals surface area contributed by atoms with Crippen LogP contribution < -0.4 is 0 Å². The smallest absolute Gasteiger partial charge is 0.312 e. The van der Waals surface area contributed by atoms with Crippen molar-refractivity contribution in [1.82, 2.24) is 0 Å². The molecule has 0 aromatic heterocycles. The van der Waals surface area contributed by atoms with Crippen LogP contribution in [0.5, 0.6) is 0 Å². The summed E-state index contributed by atoms with van der Waals surface area (Å²) in [7, 11) is 0. The lowest BCUT2D eigenvalue weighted by Crippen LogP contribution is -2.38. The third kappa shape index (κ3) is 2.97. The van der Waals surface area contributed by atoms with Crippen LogP contribution >= 0.6 is 0 Å². The molecule has 0 amide bonds. The molecule has 1 aliphatic heterocycles. The zero-order valence-corrected chi connectivity index (χ0v) is 10.5. The minimum Gasteiger partial charge on any atom is -0.461 e. The molecule has 1 heterocycles. The summed E-state index contributed by atoms with van der Waals surface area (Å²) in [4.78, 5) is 22.9. The first-order valence-corrected chi connectivity index (χ1v) is 5.68. The van der Waals surface area contributed by atoms with Crippen LogP contribution in [0, 0.1) is 5.41 Å². The number of hydrogen-bond acceptors (Lipinski definition) is 4. The molecule has 0 saturated carbocycles. The summed E-state index contributed by atoms with van der Waals surface area (Å²) in [5, 5.41) is 0. The Hall–Kier alpha value is -1.06. The Kier molecular flexibility index (Phi) is 3.61. The highest BCUT2D eigenvalue weighted by Gasteiger charge is 2.42. The molecule has 16 heavy (non-hydrogen) atoms. The van der Waals surface area contributed by atoms with Gasteiger partial charge in [0.15, 0.2) is 5.60 Å². The van der Waals surface area contributed by atoms with Gasteiger partial charge in [-0.15, -0.1) is 0 Å². The van der Waals surface area contributed by atoms with Crippen LogP contribution in [-0.4, -0.2) is 24.1 Å². The molecule has 0 aromatic carbocycles. The molecule has 1 rings (SSSR count). The number of hydrogen-bond donors (Lipinski definition) is 0. The minimum absolute atomic E-state index is 0.154. The number of esters is 2. The van der Waals surface area contributed by atoms with E-state index in [0.717, 1.165) is 12.8 Å². The lowest BCUT2D eigenvalue weighted by Gasteiger charge is -2.28. The highest BCUT2D eigenvalue weighted by atomic mass is 16.6. The van der Waals surface area contributed by atoms with Gasteiger partial charge < -0.3 is 9.47 Å². The lowest BCUT2D eigenvalue weighted by molar-refractivity contribution is -0.169. The number of rotatable bonds is 4. The van der Waals surface area contributed by atoms with Crippen LogP contribution in [0.3, 0.4) is 0 Å². The van der Waals surface area contributed by atoms with Gasteiger partial charge in [-0.05, 0) is 27.2 Å². The summed E-state index contributed by atoms with van der Waals surface area (Å²) >= 11 is 0. The Balaban J connectivity index is 2.60. The third-order valence-corrected chi connectivity index (χ3v) is 2.82. The van der Waals surface area contributed by atoms with Crippen LogP contribution in [-0.2, 0) is 19.1 Å². The topological polar surface area (TPSA) is 52.6 Å². The molecule has 4 nitrogen and oxygen atoms in total. The Morgan fingerprint density at radius 3 is 2.62 bits per heavy atom. The maximum Gasteiger partial charge on any atom is 0.312 e. The van der Waals surface area contributed by atoms with E-state index < -0.39 is 11.0 Å². The molecule has 92 valence electrons. The number of ether oxygens (including phenoxy) is 2. The van der Waals surface area contributed by atoms with Crippen LogP contribution in [0.15, 0.2) is 0 Å². The fourth-order valence-corrected chi connectivity index (χ4v) is 1.80. The highest BCUT2D eigenvalue weighted by molar-refractivity contribution is 5.78. The van der Waals surface area contributed by atoms with Crippen molar-refractivity contribution in [3.63, 3.8) is 0 Å². The molecule has 0 spiro atoms. The van der Waals surface area contributed by atoms with Crippen LogP contribution in [0.4, 0.5) is 0 Å². The van der Waals surface area contributed by atoms with Gasteiger partial charge in [-0.25, -0.2) is 0 Å². The van der Waals surface area contributed by atoms with E-state index in [0.29, 0.717) is 0 Å². The van der Waals surface area contributed by atoms with Crippen molar-refractivity contribution in [2.45, 2.75) is 52.6 Å². The van der Waals surface area contributed by atoms with Crippen molar-refractivity contribution >= 4 is 11.9 Å². The third-order valence-electron chi connectivity index (χ3n) is 2.82. The normalized spacial score (nSPS) is 25.4. The predicted molar refractivity (Wildman–Crippen MR) is 58.8 cm³/mol. The maximum absolute atomic E-state index is 11.9. The van der Waals surface area contributed by atoms with E-state index in [1.165, 1.54) is 0 Å². The zero-order chi connectivity index (χ0) is 12.4. The second-order valence-corrected chi connectivity index (χ2v) is 5.31. The second kappa shape index (κ2) is 4.44. The van der Waals surface area contributed by atoms with Gasteiger partial charge >= 0.3 is 11.9 Å². The highest BCUT2D eigenvalue weighted by Crippen LogP contribution is 2.30. The average molecular weight is 228 g/mol. The Bertz CT molecular complexity index is 295. The molecule has 1 unspecified atom stereocenters. The molecule has 0 radical (unpaired) electrons. The van der Waals surface area contributed by atoms with Gasteiger partial charge in [0, 0.05) is 0 Å². The van der Waals surface area contributed by atoms with Crippen molar-refractivity contribution in [2.75, 3.05) is 6.61 Å². The summed E-state index contributed by atoms with van der Waals surface area (Å²) < 4.78 is 10.2. The van der Waals surface area contributed by atoms with Crippen molar-refractivity contribution in [2.24, 2.45) is 5.41 Å². The molecule has 1 aliphatic rings. The summed E-state index contributed by atoms with van der Waals surface area (Å²) in [6, 6.07) is 0. The van der Waals surface area contributed by atoms with Crippen molar-refractivity contribution < 1.29 is 19.1 Å². The molecule has 1 fully saturated rings. The Labute approximate surface area is 96.3 Å². The van der Waals surface area contributed by atoms with Gasteiger partial charge in [-0.1, -0.05) is 13.3 Å². The number of carbonyl (C=O) groups is 2. The maximum atomic E-state index is 11.9. The summed E-state index contributed by atoms with van der Waals surface area (Å²) in [6.45, 7) is 7.65. The van der Waals surface area contributed by atoms with Gasteiger partial charge in [0.1, 0.15) is 6.61 Å². The summed E-state index contributed by atoms with van der Waals surface area (Å²) in [5.41, 5.74) is -1.28. The fraction of sp³-hybridized carbons (Fsp3) is 0.833. The molecule has 1 saturated heterocycles. The van der Waals surface area contributed by atoms with Crippen molar-refractivity contribution in [1.29, 1.82) is 0 Å². The van der Waals surface area contributed by atoms with E-state index in [1.54, 1.807) is 6.92 Å². The van der Waals surface area contributed by atoms with E-state index in [-0.39, 0.29) is 25.0 Å². The fourth-order valence-electron chi connectivity index (χ4n) is 1.80. The van der Waals surface area contributed by atoms with Crippen molar-refractivity contribution in [3.8, 4) is 0 Å². The van der Waals surface area contributed by atoms with E-state index >= 15 is 0 Å². The van der Waals surface area contributed by atoms with Crippen molar-refractivity contribution in [3.05, 3.63) is 0 Å². The van der Waals surface area contributed by atoms with Gasteiger partial charge in [-0.3, -0.25) is 9.59 Å². The number of cyclic esters (lactones) is 1. The monoisotopic (exact) mass is 228 g/mol. The largest absolute Gasteiger partial charge is 0.461 e. The number of carbonyl (C=O) groups excluding carboxylic acids is 2. The molecule has 0 N–H and O–H groups in total. The zero-order valence-electron chi connectivity index (χ0n) is 10.5. The molecular weight excluding hydrogens is 208 g/mol. The van der Waals surface area contributed by atoms with E-state index in [4.69, 9.17) is 9.47 Å². The van der Waals surface area contributed by atoms with Gasteiger partial charge in [0.05, 0.1) is 11.8 Å². The van der Waals surface area contributed by atoms with Gasteiger partial charge in [0.2, 0.25) is 0 Å². The molecule has 0 bridgehead atoms. The average Bonchev–Trinajstić information content (AvgIpc) is 2.45. The predicted octanol–water partition coefficient (Wildman–Crippen LogP) is 2.06. The molecular formula is C12H20O4. The van der Waals surface area contributed by atoms with Crippen LogP contribution in [0.2, 0.25) is 0 Å². The quantitative estimate of drug-likeness (QED) is 0.691. The van der Waals surface area contributed by atoms with Gasteiger partial charge in [-0.2, -0.15) is 0 Å². The lowest BCUT2D eigenvalue weighted by atomic mass is 9.88. The van der Waals surface area contributed by atoms with E-state index in [1.807, 2.05) is 20.8 Å². The second-order valence-electron chi connectivity index (χ2n) is 5.31. The molecule has 4 heteroatoms. The molecule has 1 atom stereocenters. The van der Waals surface area contributed by atoms with Gasteiger partial charge in [0.25, 0.3) is 0 Å². The minimum atomic E-state index is -0.779. The first-order chi connectivity index (χ1) is 7.29. The SMILES string of the molecule is CCCC(C)(C)C(=O)OC1(C)COC(=O)C1. The van der Waals surface area contributed by atoms with Crippen LogP contribution in [0.1, 0.15) is 47.0 Å². The molecule has 0 aromatic rings. The standard InChI is InChI=1S/C12H20O4/c1-5-6-11(2,3)10(14)16-12(4)7-9(13)15-8-12/h5-8H2,1-4H3.